The number of nitro benzene ring substituents is 1. The summed E-state index contributed by atoms with van der Waals surface area (Å²) in [5.41, 5.74) is 0.605. The van der Waals surface area contributed by atoms with E-state index in [-0.39, 0.29) is 17.9 Å². The lowest BCUT2D eigenvalue weighted by Gasteiger charge is -2.17. The molecule has 2 rings (SSSR count). The van der Waals surface area contributed by atoms with Gasteiger partial charge in [0.15, 0.2) is 0 Å². The van der Waals surface area contributed by atoms with Crippen molar-refractivity contribution in [1.82, 2.24) is 4.90 Å². The van der Waals surface area contributed by atoms with Crippen LogP contribution in [0, 0.1) is 10.1 Å². The Morgan fingerprint density at radius 1 is 1.24 bits per heavy atom. The maximum Gasteiger partial charge on any atom is 0.292 e. The van der Waals surface area contributed by atoms with Crippen LogP contribution in [0.15, 0.2) is 36.4 Å². The lowest BCUT2D eigenvalue weighted by Crippen LogP contribution is -2.30. The number of halogens is 3. The van der Waals surface area contributed by atoms with E-state index >= 15 is 0 Å². The standard InChI is InChI=1S/C16H14Cl3N3O3/c1-21(8-10-3-2-4-12(18)16(10)19)9-15(23)20-13-7-11(17)5-6-14(13)22(24)25/h2-7H,8-9H2,1H3,(H,20,23). The first-order valence-electron chi connectivity index (χ1n) is 7.13. The number of carbonyl (C=O) groups is 1. The summed E-state index contributed by atoms with van der Waals surface area (Å²) in [5, 5.41) is 14.7. The molecule has 0 bridgehead atoms. The van der Waals surface area contributed by atoms with Gasteiger partial charge in [-0.05, 0) is 30.8 Å². The number of anilines is 1. The Morgan fingerprint density at radius 3 is 2.64 bits per heavy atom. The van der Waals surface area contributed by atoms with Gasteiger partial charge in [-0.3, -0.25) is 19.8 Å². The second-order valence-corrected chi connectivity index (χ2v) is 6.57. The zero-order valence-electron chi connectivity index (χ0n) is 13.1. The minimum absolute atomic E-state index is 0.00646. The summed E-state index contributed by atoms with van der Waals surface area (Å²) in [4.78, 5) is 24.3. The van der Waals surface area contributed by atoms with Crippen LogP contribution in [0.4, 0.5) is 11.4 Å². The number of nitro groups is 1. The minimum Gasteiger partial charge on any atom is -0.319 e. The first kappa shape index (κ1) is 19.5. The third-order valence-electron chi connectivity index (χ3n) is 3.31. The summed E-state index contributed by atoms with van der Waals surface area (Å²) in [6, 6.07) is 9.23. The molecule has 0 aliphatic heterocycles. The van der Waals surface area contributed by atoms with Gasteiger partial charge in [-0.25, -0.2) is 0 Å². The van der Waals surface area contributed by atoms with E-state index in [1.165, 1.54) is 18.2 Å². The van der Waals surface area contributed by atoms with Crippen molar-refractivity contribution < 1.29 is 9.72 Å². The van der Waals surface area contributed by atoms with E-state index < -0.39 is 10.8 Å². The van der Waals surface area contributed by atoms with Gasteiger partial charge in [0.2, 0.25) is 5.91 Å². The third-order valence-corrected chi connectivity index (χ3v) is 4.41. The number of hydrogen-bond donors (Lipinski definition) is 1. The van der Waals surface area contributed by atoms with Crippen LogP contribution in [0.2, 0.25) is 15.1 Å². The van der Waals surface area contributed by atoms with Gasteiger partial charge in [-0.2, -0.15) is 0 Å². The molecule has 0 unspecified atom stereocenters. The molecule has 6 nitrogen and oxygen atoms in total. The van der Waals surface area contributed by atoms with Gasteiger partial charge in [0, 0.05) is 17.6 Å². The van der Waals surface area contributed by atoms with Crippen LogP contribution in [-0.2, 0) is 11.3 Å². The van der Waals surface area contributed by atoms with Gasteiger partial charge in [0.25, 0.3) is 5.69 Å². The number of likely N-dealkylation sites (N-methyl/N-ethyl adjacent to an activating group) is 1. The molecule has 2 aromatic carbocycles. The van der Waals surface area contributed by atoms with Gasteiger partial charge < -0.3 is 5.32 Å². The number of rotatable bonds is 6. The van der Waals surface area contributed by atoms with Crippen molar-refractivity contribution >= 4 is 52.1 Å². The number of benzene rings is 2. The lowest BCUT2D eigenvalue weighted by atomic mass is 10.2. The molecule has 0 saturated heterocycles. The molecule has 9 heteroatoms. The first-order chi connectivity index (χ1) is 11.8. The fourth-order valence-corrected chi connectivity index (χ4v) is 2.77. The lowest BCUT2D eigenvalue weighted by molar-refractivity contribution is -0.383. The van der Waals surface area contributed by atoms with E-state index in [2.05, 4.69) is 5.32 Å². The Kier molecular flexibility index (Phi) is 6.61. The highest BCUT2D eigenvalue weighted by Crippen LogP contribution is 2.28. The summed E-state index contributed by atoms with van der Waals surface area (Å²) >= 11 is 17.9. The predicted octanol–water partition coefficient (Wildman–Crippen LogP) is 4.63. The van der Waals surface area contributed by atoms with Crippen molar-refractivity contribution in [2.24, 2.45) is 0 Å². The Bertz CT molecular complexity index is 814. The fraction of sp³-hybridized carbons (Fsp3) is 0.188. The highest BCUT2D eigenvalue weighted by molar-refractivity contribution is 6.42. The van der Waals surface area contributed by atoms with E-state index in [1.807, 2.05) is 6.07 Å². The molecule has 0 fully saturated rings. The molecular formula is C16H14Cl3N3O3. The Morgan fingerprint density at radius 2 is 1.96 bits per heavy atom. The molecule has 0 aromatic heterocycles. The SMILES string of the molecule is CN(CC(=O)Nc1cc(Cl)ccc1[N+](=O)[O-])Cc1cccc(Cl)c1Cl. The van der Waals surface area contributed by atoms with E-state index in [1.54, 1.807) is 24.1 Å². The smallest absolute Gasteiger partial charge is 0.292 e. The molecule has 0 atom stereocenters. The first-order valence-corrected chi connectivity index (χ1v) is 8.26. The van der Waals surface area contributed by atoms with Crippen LogP contribution in [0.25, 0.3) is 0 Å². The van der Waals surface area contributed by atoms with E-state index in [0.717, 1.165) is 5.56 Å². The Hall–Kier alpha value is -1.86. The Balaban J connectivity index is 2.04. The zero-order valence-corrected chi connectivity index (χ0v) is 15.4. The largest absolute Gasteiger partial charge is 0.319 e. The van der Waals surface area contributed by atoms with E-state index in [9.17, 15) is 14.9 Å². The average Bonchev–Trinajstić information content (AvgIpc) is 2.51. The maximum atomic E-state index is 12.2. The van der Waals surface area contributed by atoms with Crippen LogP contribution in [0.5, 0.6) is 0 Å². The zero-order chi connectivity index (χ0) is 18.6. The van der Waals surface area contributed by atoms with Crippen molar-refractivity contribution in [2.75, 3.05) is 18.9 Å². The summed E-state index contributed by atoms with van der Waals surface area (Å²) in [6.07, 6.45) is 0. The minimum atomic E-state index is -0.582. The van der Waals surface area contributed by atoms with E-state index in [0.29, 0.717) is 21.6 Å². The molecule has 0 radical (unpaired) electrons. The summed E-state index contributed by atoms with van der Waals surface area (Å²) < 4.78 is 0. The van der Waals surface area contributed by atoms with Crippen LogP contribution >= 0.6 is 34.8 Å². The monoisotopic (exact) mass is 401 g/mol. The maximum absolute atomic E-state index is 12.2. The Labute approximate surface area is 159 Å². The second-order valence-electron chi connectivity index (χ2n) is 5.35. The molecule has 0 heterocycles. The molecule has 1 amide bonds. The predicted molar refractivity (Wildman–Crippen MR) is 99.5 cm³/mol. The summed E-state index contributed by atoms with van der Waals surface area (Å²) in [7, 11) is 1.73. The summed E-state index contributed by atoms with van der Waals surface area (Å²) in [6.45, 7) is 0.400. The summed E-state index contributed by atoms with van der Waals surface area (Å²) in [5.74, 6) is -0.411. The molecule has 0 spiro atoms. The number of hydrogen-bond acceptors (Lipinski definition) is 4. The number of nitrogens with zero attached hydrogens (tertiary/aromatic N) is 2. The highest BCUT2D eigenvalue weighted by Gasteiger charge is 2.17. The third kappa shape index (κ3) is 5.31. The van der Waals surface area contributed by atoms with Crippen molar-refractivity contribution in [2.45, 2.75) is 6.54 Å². The normalized spacial score (nSPS) is 10.8. The van der Waals surface area contributed by atoms with Crippen molar-refractivity contribution in [3.63, 3.8) is 0 Å². The molecule has 0 aliphatic carbocycles. The van der Waals surface area contributed by atoms with Crippen molar-refractivity contribution in [3.8, 4) is 0 Å². The second kappa shape index (κ2) is 8.49. The molecule has 25 heavy (non-hydrogen) atoms. The van der Waals surface area contributed by atoms with Crippen LogP contribution < -0.4 is 5.32 Å². The number of nitrogens with one attached hydrogen (secondary N) is 1. The quantitative estimate of drug-likeness (QED) is 0.565. The van der Waals surface area contributed by atoms with Crippen LogP contribution in [0.3, 0.4) is 0 Å². The van der Waals surface area contributed by atoms with Crippen LogP contribution in [-0.4, -0.2) is 29.3 Å². The fourth-order valence-electron chi connectivity index (χ4n) is 2.22. The van der Waals surface area contributed by atoms with Gasteiger partial charge in [-0.15, -0.1) is 0 Å². The molecule has 0 saturated carbocycles. The molecule has 0 aliphatic rings. The van der Waals surface area contributed by atoms with E-state index in [4.69, 9.17) is 34.8 Å². The number of carbonyl (C=O) groups excluding carboxylic acids is 1. The molecule has 132 valence electrons. The highest BCUT2D eigenvalue weighted by atomic mass is 35.5. The topological polar surface area (TPSA) is 75.5 Å². The van der Waals surface area contributed by atoms with Gasteiger partial charge in [0.1, 0.15) is 5.69 Å². The van der Waals surface area contributed by atoms with Gasteiger partial charge in [-0.1, -0.05) is 46.9 Å². The van der Waals surface area contributed by atoms with Crippen LogP contribution in [0.1, 0.15) is 5.56 Å². The molecule has 2 aromatic rings. The number of amides is 1. The van der Waals surface area contributed by atoms with Crippen molar-refractivity contribution in [3.05, 3.63) is 67.1 Å². The van der Waals surface area contributed by atoms with Gasteiger partial charge in [0.05, 0.1) is 21.5 Å². The molecule has 1 N–H and O–H groups in total. The average molecular weight is 403 g/mol. The molecular weight excluding hydrogens is 389 g/mol. The van der Waals surface area contributed by atoms with Gasteiger partial charge >= 0.3 is 0 Å². The van der Waals surface area contributed by atoms with Crippen molar-refractivity contribution in [1.29, 1.82) is 0 Å².